The van der Waals surface area contributed by atoms with Crippen LogP contribution in [0, 0.1) is 0 Å². The maximum Gasteiger partial charge on any atom is 2.00 e. The number of thiol groups is 1. The zero-order valence-corrected chi connectivity index (χ0v) is 6.50. The fourth-order valence-corrected chi connectivity index (χ4v) is 0.390. The number of hydrogen-bond acceptors (Lipinski definition) is 5. The van der Waals surface area contributed by atoms with Crippen molar-refractivity contribution in [3.8, 4) is 0 Å². The molecule has 10 heavy (non-hydrogen) atoms. The summed E-state index contributed by atoms with van der Waals surface area (Å²) in [5, 5.41) is 18.2. The first kappa shape index (κ1) is 12.5. The Labute approximate surface area is 73.5 Å². The summed E-state index contributed by atoms with van der Waals surface area (Å²) >= 11 is 3.38. The standard InChI is InChI=1S/C4H6O4S.Cu/c5-3(6)1-2(9)4(7)8;/h2,9H,1H2,(H,5,6)(H,7,8);/q;+2/p-2. The van der Waals surface area contributed by atoms with Crippen molar-refractivity contribution < 1.29 is 36.9 Å². The van der Waals surface area contributed by atoms with Crippen molar-refractivity contribution in [1.82, 2.24) is 0 Å². The number of rotatable bonds is 3. The Kier molecular flexibility index (Phi) is 6.97. The van der Waals surface area contributed by atoms with Crippen LogP contribution in [0.2, 0.25) is 0 Å². The average Bonchev–Trinajstić information content (AvgIpc) is 1.63. The Bertz CT molecular complexity index is 137. The van der Waals surface area contributed by atoms with Gasteiger partial charge in [0.15, 0.2) is 0 Å². The molecule has 0 fully saturated rings. The molecule has 0 saturated heterocycles. The summed E-state index contributed by atoms with van der Waals surface area (Å²) in [4.78, 5) is 19.4. The monoisotopic (exact) mass is 211 g/mol. The van der Waals surface area contributed by atoms with Gasteiger partial charge in [0.2, 0.25) is 0 Å². The van der Waals surface area contributed by atoms with E-state index in [1.165, 1.54) is 0 Å². The molecule has 0 aromatic rings. The first-order valence-corrected chi connectivity index (χ1v) is 2.64. The summed E-state index contributed by atoms with van der Waals surface area (Å²) in [6.45, 7) is 0. The third-order valence-electron chi connectivity index (χ3n) is 0.632. The quantitative estimate of drug-likeness (QED) is 0.403. The van der Waals surface area contributed by atoms with Crippen LogP contribution < -0.4 is 10.2 Å². The van der Waals surface area contributed by atoms with Gasteiger partial charge in [-0.25, -0.2) is 0 Å². The first-order chi connectivity index (χ1) is 4.04. The molecule has 0 aliphatic carbocycles. The van der Waals surface area contributed by atoms with Gasteiger partial charge in [-0.2, -0.15) is 12.6 Å². The van der Waals surface area contributed by atoms with Crippen LogP contribution in [-0.4, -0.2) is 17.2 Å². The maximum absolute atomic E-state index is 9.76. The zero-order chi connectivity index (χ0) is 7.44. The van der Waals surface area contributed by atoms with Gasteiger partial charge in [0, 0.05) is 17.6 Å². The second-order valence-electron chi connectivity index (χ2n) is 1.41. The predicted octanol–water partition coefficient (Wildman–Crippen LogP) is -2.83. The molecule has 0 spiro atoms. The predicted molar refractivity (Wildman–Crippen MR) is 27.4 cm³/mol. The van der Waals surface area contributed by atoms with Crippen molar-refractivity contribution in [2.24, 2.45) is 0 Å². The van der Waals surface area contributed by atoms with Crippen LogP contribution in [0.4, 0.5) is 0 Å². The second kappa shape index (κ2) is 5.58. The van der Waals surface area contributed by atoms with Gasteiger partial charge in [0.1, 0.15) is 0 Å². The van der Waals surface area contributed by atoms with E-state index in [1.807, 2.05) is 0 Å². The van der Waals surface area contributed by atoms with Crippen LogP contribution in [0.25, 0.3) is 0 Å². The fourth-order valence-electron chi connectivity index (χ4n) is 0.241. The molecular formula is C4H4CuO4S. The number of carbonyl (C=O) groups excluding carboxylic acids is 2. The van der Waals surface area contributed by atoms with E-state index in [1.54, 1.807) is 0 Å². The molecule has 0 N–H and O–H groups in total. The van der Waals surface area contributed by atoms with E-state index in [0.29, 0.717) is 0 Å². The van der Waals surface area contributed by atoms with Crippen LogP contribution in [0.1, 0.15) is 6.42 Å². The van der Waals surface area contributed by atoms with E-state index in [0.717, 1.165) is 0 Å². The first-order valence-electron chi connectivity index (χ1n) is 2.13. The topological polar surface area (TPSA) is 80.3 Å². The molecule has 61 valence electrons. The van der Waals surface area contributed by atoms with Crippen LogP contribution in [0.3, 0.4) is 0 Å². The normalized spacial score (nSPS) is 11.3. The summed E-state index contributed by atoms with van der Waals surface area (Å²) in [5.41, 5.74) is 0. The van der Waals surface area contributed by atoms with E-state index in [4.69, 9.17) is 0 Å². The molecule has 0 aromatic heterocycles. The Morgan fingerprint density at radius 3 is 1.90 bits per heavy atom. The van der Waals surface area contributed by atoms with Gasteiger partial charge in [0.05, 0.1) is 5.97 Å². The molecule has 0 aliphatic rings. The molecule has 4 nitrogen and oxygen atoms in total. The fraction of sp³-hybridized carbons (Fsp3) is 0.500. The van der Waals surface area contributed by atoms with Crippen LogP contribution in [-0.2, 0) is 26.7 Å². The number of carbonyl (C=O) groups is 2. The van der Waals surface area contributed by atoms with Gasteiger partial charge in [0.25, 0.3) is 0 Å². The third-order valence-corrected chi connectivity index (χ3v) is 1.03. The van der Waals surface area contributed by atoms with Gasteiger partial charge in [-0.15, -0.1) is 0 Å². The third kappa shape index (κ3) is 5.94. The largest absolute Gasteiger partial charge is 2.00 e. The van der Waals surface area contributed by atoms with E-state index in [2.05, 4.69) is 12.6 Å². The smallest absolute Gasteiger partial charge is 0.550 e. The van der Waals surface area contributed by atoms with E-state index in [9.17, 15) is 19.8 Å². The summed E-state index contributed by atoms with van der Waals surface area (Å²) in [6, 6.07) is 0. The van der Waals surface area contributed by atoms with Gasteiger partial charge < -0.3 is 19.8 Å². The van der Waals surface area contributed by atoms with Crippen LogP contribution >= 0.6 is 12.6 Å². The molecule has 1 radical (unpaired) electrons. The minimum atomic E-state index is -1.50. The SMILES string of the molecule is O=C([O-])CC(S)C(=O)[O-].[Cu+2]. The summed E-state index contributed by atoms with van der Waals surface area (Å²) < 4.78 is 0. The molecule has 0 rings (SSSR count). The number of carboxylic acid groups (broad SMARTS) is 2. The van der Waals surface area contributed by atoms with Crippen LogP contribution in [0.5, 0.6) is 0 Å². The molecule has 1 atom stereocenters. The maximum atomic E-state index is 9.76. The Morgan fingerprint density at radius 2 is 1.80 bits per heavy atom. The molecule has 6 heteroatoms. The molecule has 0 aromatic carbocycles. The zero-order valence-electron chi connectivity index (χ0n) is 4.67. The Morgan fingerprint density at radius 1 is 1.40 bits per heavy atom. The molecule has 0 aliphatic heterocycles. The Balaban J connectivity index is 0. The van der Waals surface area contributed by atoms with E-state index < -0.39 is 23.6 Å². The minimum absolute atomic E-state index is 0. The number of aliphatic carboxylic acids is 2. The molecule has 0 bridgehead atoms. The Hall–Kier alpha value is -0.191. The number of carboxylic acids is 2. The van der Waals surface area contributed by atoms with Crippen molar-refractivity contribution in [2.45, 2.75) is 11.7 Å². The minimum Gasteiger partial charge on any atom is -0.550 e. The van der Waals surface area contributed by atoms with E-state index in [-0.39, 0.29) is 17.1 Å². The van der Waals surface area contributed by atoms with Crippen molar-refractivity contribution in [3.63, 3.8) is 0 Å². The van der Waals surface area contributed by atoms with Gasteiger partial charge in [-0.05, 0) is 0 Å². The number of hydrogen-bond donors (Lipinski definition) is 1. The van der Waals surface area contributed by atoms with E-state index >= 15 is 0 Å². The molecule has 0 saturated carbocycles. The molecule has 0 amide bonds. The van der Waals surface area contributed by atoms with Gasteiger partial charge >= 0.3 is 17.1 Å². The van der Waals surface area contributed by atoms with Crippen molar-refractivity contribution in [1.29, 1.82) is 0 Å². The molecular weight excluding hydrogens is 208 g/mol. The summed E-state index contributed by atoms with van der Waals surface area (Å²) in [7, 11) is 0. The van der Waals surface area contributed by atoms with Gasteiger partial charge in [-0.3, -0.25) is 0 Å². The van der Waals surface area contributed by atoms with Crippen molar-refractivity contribution in [3.05, 3.63) is 0 Å². The van der Waals surface area contributed by atoms with Crippen molar-refractivity contribution >= 4 is 24.6 Å². The average molecular weight is 212 g/mol. The summed E-state index contributed by atoms with van der Waals surface area (Å²) in [6.07, 6.45) is -0.620. The molecule has 0 heterocycles. The summed E-state index contributed by atoms with van der Waals surface area (Å²) in [5.74, 6) is -2.94. The van der Waals surface area contributed by atoms with Gasteiger partial charge in [-0.1, -0.05) is 0 Å². The van der Waals surface area contributed by atoms with Crippen molar-refractivity contribution in [2.75, 3.05) is 0 Å². The second-order valence-corrected chi connectivity index (χ2v) is 2.03. The van der Waals surface area contributed by atoms with Crippen LogP contribution in [0.15, 0.2) is 0 Å². The molecule has 1 unspecified atom stereocenters.